The Bertz CT molecular complexity index is 1260. The number of hydrogen-bond acceptors (Lipinski definition) is 9. The molecule has 0 spiro atoms. The molecule has 1 saturated carbocycles. The summed E-state index contributed by atoms with van der Waals surface area (Å²) in [6, 6.07) is 5.32. The molecule has 1 atom stereocenters. The van der Waals surface area contributed by atoms with Gasteiger partial charge in [-0.1, -0.05) is 6.92 Å². The van der Waals surface area contributed by atoms with Crippen LogP contribution >= 0.6 is 0 Å². The first-order valence-corrected chi connectivity index (χ1v) is 13.1. The van der Waals surface area contributed by atoms with E-state index in [1.54, 1.807) is 30.7 Å². The van der Waals surface area contributed by atoms with Crippen LogP contribution in [0, 0.1) is 0 Å². The minimum absolute atomic E-state index is 0.0319. The van der Waals surface area contributed by atoms with Crippen molar-refractivity contribution >= 4 is 15.6 Å². The maximum Gasteiger partial charge on any atom is 0.232 e. The van der Waals surface area contributed by atoms with Gasteiger partial charge < -0.3 is 4.74 Å². The van der Waals surface area contributed by atoms with Crippen molar-refractivity contribution in [3.8, 4) is 17.1 Å². The van der Waals surface area contributed by atoms with Crippen LogP contribution in [0.5, 0.6) is 5.88 Å². The Morgan fingerprint density at radius 1 is 1.09 bits per heavy atom. The van der Waals surface area contributed by atoms with Crippen LogP contribution in [0.2, 0.25) is 0 Å². The van der Waals surface area contributed by atoms with Gasteiger partial charge in [-0.05, 0) is 44.4 Å². The fourth-order valence-corrected chi connectivity index (χ4v) is 5.28. The third kappa shape index (κ3) is 5.80. The standard InChI is InChI=1S/C24H27N5O4S/c1-3-19(20-9-10-26-23(28-20)15-34(31,32)18-7-8-18)22(30)11-17-6-5-16(12-27-17)21-13-25-14-24(29-21)33-4-2/h5-6,9-10,12-14,18-19H,3-4,7-8,11,15H2,1-2H3. The van der Waals surface area contributed by atoms with Crippen LogP contribution in [0.1, 0.15) is 56.2 Å². The molecule has 178 valence electrons. The van der Waals surface area contributed by atoms with Gasteiger partial charge in [0.05, 0.1) is 41.6 Å². The van der Waals surface area contributed by atoms with E-state index in [9.17, 15) is 13.2 Å². The Balaban J connectivity index is 1.45. The van der Waals surface area contributed by atoms with Gasteiger partial charge in [0.2, 0.25) is 5.88 Å². The molecule has 1 aliphatic carbocycles. The lowest BCUT2D eigenvalue weighted by atomic mass is 9.93. The number of sulfone groups is 1. The van der Waals surface area contributed by atoms with Crippen LogP contribution in [-0.2, 0) is 26.8 Å². The van der Waals surface area contributed by atoms with Gasteiger partial charge in [0, 0.05) is 30.1 Å². The average molecular weight is 482 g/mol. The molecule has 0 aromatic carbocycles. The van der Waals surface area contributed by atoms with Crippen molar-refractivity contribution in [2.75, 3.05) is 6.61 Å². The average Bonchev–Trinajstić information content (AvgIpc) is 3.67. The zero-order valence-corrected chi connectivity index (χ0v) is 20.0. The van der Waals surface area contributed by atoms with E-state index in [-0.39, 0.29) is 29.0 Å². The van der Waals surface area contributed by atoms with E-state index in [0.29, 0.717) is 48.8 Å². The van der Waals surface area contributed by atoms with Gasteiger partial charge in [-0.15, -0.1) is 0 Å². The second-order valence-corrected chi connectivity index (χ2v) is 10.5. The van der Waals surface area contributed by atoms with E-state index in [1.165, 1.54) is 6.20 Å². The number of aromatic nitrogens is 5. The number of Topliss-reactive ketones (excluding diaryl/α,β-unsaturated/α-hetero) is 1. The van der Waals surface area contributed by atoms with Crippen LogP contribution < -0.4 is 4.74 Å². The molecule has 0 radical (unpaired) electrons. The Hall–Kier alpha value is -3.27. The largest absolute Gasteiger partial charge is 0.477 e. The first-order valence-electron chi connectivity index (χ1n) is 11.4. The van der Waals surface area contributed by atoms with E-state index in [1.807, 2.05) is 19.9 Å². The topological polar surface area (TPSA) is 125 Å². The maximum absolute atomic E-state index is 13.1. The number of rotatable bonds is 11. The van der Waals surface area contributed by atoms with Crippen molar-refractivity contribution in [1.29, 1.82) is 0 Å². The molecule has 0 N–H and O–H groups in total. The second kappa shape index (κ2) is 10.3. The molecule has 34 heavy (non-hydrogen) atoms. The normalized spacial score (nSPS) is 14.5. The van der Waals surface area contributed by atoms with E-state index >= 15 is 0 Å². The summed E-state index contributed by atoms with van der Waals surface area (Å²) in [5, 5.41) is -0.273. The highest BCUT2D eigenvalue weighted by Crippen LogP contribution is 2.30. The number of carbonyl (C=O) groups excluding carboxylic acids is 1. The van der Waals surface area contributed by atoms with Crippen LogP contribution in [0.3, 0.4) is 0 Å². The summed E-state index contributed by atoms with van der Waals surface area (Å²) in [6.07, 6.45) is 8.47. The predicted molar refractivity (Wildman–Crippen MR) is 126 cm³/mol. The lowest BCUT2D eigenvalue weighted by molar-refractivity contribution is -0.120. The summed E-state index contributed by atoms with van der Waals surface area (Å²) in [4.78, 5) is 34.6. The molecular weight excluding hydrogens is 454 g/mol. The minimum atomic E-state index is -3.23. The lowest BCUT2D eigenvalue weighted by Crippen LogP contribution is -2.18. The van der Waals surface area contributed by atoms with E-state index in [0.717, 1.165) is 5.56 Å². The maximum atomic E-state index is 13.1. The SMILES string of the molecule is CCOc1cncc(-c2ccc(CC(=O)C(CC)c3ccnc(CS(=O)(=O)C4CC4)n3)nc2)n1. The van der Waals surface area contributed by atoms with E-state index in [4.69, 9.17) is 4.74 Å². The van der Waals surface area contributed by atoms with Crippen LogP contribution in [0.4, 0.5) is 0 Å². The van der Waals surface area contributed by atoms with Gasteiger partial charge in [-0.3, -0.25) is 14.8 Å². The Labute approximate surface area is 199 Å². The number of carbonyl (C=O) groups is 1. The van der Waals surface area contributed by atoms with Gasteiger partial charge in [0.25, 0.3) is 0 Å². The third-order valence-electron chi connectivity index (χ3n) is 5.62. The smallest absolute Gasteiger partial charge is 0.232 e. The summed E-state index contributed by atoms with van der Waals surface area (Å²) in [7, 11) is -3.23. The van der Waals surface area contributed by atoms with Gasteiger partial charge in [0.1, 0.15) is 17.4 Å². The number of nitrogens with zero attached hydrogens (tertiary/aromatic N) is 5. The third-order valence-corrected chi connectivity index (χ3v) is 7.77. The quantitative estimate of drug-likeness (QED) is 0.406. The van der Waals surface area contributed by atoms with Crippen molar-refractivity contribution in [3.05, 3.63) is 60.2 Å². The van der Waals surface area contributed by atoms with E-state index in [2.05, 4.69) is 24.9 Å². The number of hydrogen-bond donors (Lipinski definition) is 0. The zero-order chi connectivity index (χ0) is 24.1. The molecule has 1 unspecified atom stereocenters. The molecule has 3 heterocycles. The number of ketones is 1. The molecule has 0 bridgehead atoms. The Kier molecular flexibility index (Phi) is 7.26. The highest BCUT2D eigenvalue weighted by atomic mass is 32.2. The van der Waals surface area contributed by atoms with Crippen LogP contribution in [-0.4, -0.2) is 51.0 Å². The summed E-state index contributed by atoms with van der Waals surface area (Å²) in [5.41, 5.74) is 2.59. The first kappa shape index (κ1) is 23.9. The molecule has 9 nitrogen and oxygen atoms in total. The molecule has 0 aliphatic heterocycles. The van der Waals surface area contributed by atoms with Crippen LogP contribution in [0.25, 0.3) is 11.3 Å². The Morgan fingerprint density at radius 3 is 2.59 bits per heavy atom. The summed E-state index contributed by atoms with van der Waals surface area (Å²) < 4.78 is 30.0. The fourth-order valence-electron chi connectivity index (χ4n) is 3.69. The van der Waals surface area contributed by atoms with Crippen molar-refractivity contribution in [2.24, 2.45) is 0 Å². The van der Waals surface area contributed by atoms with Crippen molar-refractivity contribution in [2.45, 2.75) is 56.5 Å². The highest BCUT2D eigenvalue weighted by molar-refractivity contribution is 7.91. The fraction of sp³-hybridized carbons (Fsp3) is 0.417. The first-order chi connectivity index (χ1) is 16.4. The molecule has 1 fully saturated rings. The highest BCUT2D eigenvalue weighted by Gasteiger charge is 2.36. The summed E-state index contributed by atoms with van der Waals surface area (Å²) in [5.74, 6) is 0.0101. The van der Waals surface area contributed by atoms with Crippen molar-refractivity contribution in [1.82, 2.24) is 24.9 Å². The predicted octanol–water partition coefficient (Wildman–Crippen LogP) is 3.11. The van der Waals surface area contributed by atoms with Crippen LogP contribution in [0.15, 0.2) is 43.0 Å². The van der Waals surface area contributed by atoms with Gasteiger partial charge in [-0.25, -0.2) is 23.4 Å². The summed E-state index contributed by atoms with van der Waals surface area (Å²) >= 11 is 0. The van der Waals surface area contributed by atoms with Crippen molar-refractivity contribution < 1.29 is 17.9 Å². The molecule has 10 heteroatoms. The molecule has 3 aromatic heterocycles. The molecule has 0 saturated heterocycles. The number of pyridine rings is 1. The van der Waals surface area contributed by atoms with Gasteiger partial charge in [0.15, 0.2) is 9.84 Å². The monoisotopic (exact) mass is 481 g/mol. The Morgan fingerprint density at radius 2 is 1.91 bits per heavy atom. The van der Waals surface area contributed by atoms with Gasteiger partial charge >= 0.3 is 0 Å². The zero-order valence-electron chi connectivity index (χ0n) is 19.2. The second-order valence-electron chi connectivity index (χ2n) is 8.22. The van der Waals surface area contributed by atoms with Crippen molar-refractivity contribution in [3.63, 3.8) is 0 Å². The molecular formula is C24H27N5O4S. The molecule has 0 amide bonds. The molecule has 1 aliphatic rings. The summed E-state index contributed by atoms with van der Waals surface area (Å²) in [6.45, 7) is 4.29. The molecule has 3 aromatic rings. The lowest BCUT2D eigenvalue weighted by Gasteiger charge is -2.14. The minimum Gasteiger partial charge on any atom is -0.477 e. The van der Waals surface area contributed by atoms with E-state index < -0.39 is 15.8 Å². The number of ether oxygens (including phenoxy) is 1. The molecule has 4 rings (SSSR count). The van der Waals surface area contributed by atoms with Gasteiger partial charge in [-0.2, -0.15) is 0 Å².